The monoisotopic (exact) mass is 481 g/mol. The van der Waals surface area contributed by atoms with Gasteiger partial charge in [0.15, 0.2) is 12.5 Å². The molecule has 0 amide bonds. The molecule has 34 heavy (non-hydrogen) atoms. The number of phosphoric ester groups is 1. The van der Waals surface area contributed by atoms with Crippen molar-refractivity contribution in [1.29, 1.82) is 0 Å². The highest BCUT2D eigenvalue weighted by Gasteiger charge is 2.19. The number of nitrogens with two attached hydrogens (primary N) is 2. The largest absolute Gasteiger partial charge is 0.756 e. The van der Waals surface area contributed by atoms with E-state index in [4.69, 9.17) is 20.9 Å². The number of aromatic nitrogens is 2. The van der Waals surface area contributed by atoms with E-state index in [1.54, 1.807) is 12.1 Å². The lowest BCUT2D eigenvalue weighted by Gasteiger charge is -2.16. The van der Waals surface area contributed by atoms with Crippen molar-refractivity contribution in [3.63, 3.8) is 0 Å². The van der Waals surface area contributed by atoms with Crippen LogP contribution in [0.4, 0.5) is 17.3 Å². The lowest BCUT2D eigenvalue weighted by atomic mass is 10.1. The molecule has 0 aliphatic rings. The van der Waals surface area contributed by atoms with Crippen molar-refractivity contribution in [3.05, 3.63) is 89.6 Å². The Kier molecular flexibility index (Phi) is 6.95. The summed E-state index contributed by atoms with van der Waals surface area (Å²) in [6, 6.07) is 23.1. The van der Waals surface area contributed by atoms with E-state index in [-0.39, 0.29) is 11.6 Å². The van der Waals surface area contributed by atoms with Gasteiger partial charge in [-0.15, -0.1) is 0 Å². The van der Waals surface area contributed by atoms with E-state index < -0.39 is 14.6 Å². The number of pyridine rings is 1. The quantitative estimate of drug-likeness (QED) is 0.208. The average Bonchev–Trinajstić information content (AvgIpc) is 3.26. The fraction of sp³-hybridized carbons (Fsp3) is 0.130. The molecule has 2 heterocycles. The van der Waals surface area contributed by atoms with Crippen molar-refractivity contribution in [3.8, 4) is 11.3 Å². The summed E-state index contributed by atoms with van der Waals surface area (Å²) >= 11 is 0. The molecule has 0 fully saturated rings. The predicted molar refractivity (Wildman–Crippen MR) is 125 cm³/mol. The topological polar surface area (TPSA) is 164 Å². The molecule has 10 nitrogen and oxygen atoms in total. The molecule has 0 saturated carbocycles. The summed E-state index contributed by atoms with van der Waals surface area (Å²) in [6.45, 7) is 0.145. The van der Waals surface area contributed by atoms with Crippen LogP contribution < -0.4 is 26.2 Å². The SMILES string of the molecule is Nc1ccc(-c2cc(Cc3ccc(CNc4ccccc4)cc3)no2)c(N)[n+]1COP(=O)([O-])O. The second-order valence-corrected chi connectivity index (χ2v) is 8.80. The average molecular weight is 481 g/mol. The van der Waals surface area contributed by atoms with Crippen LogP contribution in [-0.4, -0.2) is 10.1 Å². The summed E-state index contributed by atoms with van der Waals surface area (Å²) in [5.41, 5.74) is 16.4. The van der Waals surface area contributed by atoms with Gasteiger partial charge in [0.1, 0.15) is 0 Å². The van der Waals surface area contributed by atoms with E-state index in [2.05, 4.69) is 27.1 Å². The second kappa shape index (κ2) is 10.1. The van der Waals surface area contributed by atoms with Crippen LogP contribution >= 0.6 is 7.82 Å². The molecule has 4 rings (SSSR count). The van der Waals surface area contributed by atoms with Gasteiger partial charge in [-0.1, -0.05) is 47.6 Å². The molecule has 176 valence electrons. The molecular formula is C23H24N5O5P. The van der Waals surface area contributed by atoms with E-state index in [0.29, 0.717) is 23.4 Å². The molecule has 11 heteroatoms. The van der Waals surface area contributed by atoms with Crippen LogP contribution in [0.1, 0.15) is 16.8 Å². The molecule has 6 N–H and O–H groups in total. The van der Waals surface area contributed by atoms with E-state index in [1.165, 1.54) is 10.6 Å². The Morgan fingerprint density at radius 1 is 1.06 bits per heavy atom. The number of nitrogen functional groups attached to an aromatic ring is 2. The van der Waals surface area contributed by atoms with Crippen molar-refractivity contribution >= 4 is 25.1 Å². The van der Waals surface area contributed by atoms with E-state index in [0.717, 1.165) is 23.4 Å². The zero-order valence-corrected chi connectivity index (χ0v) is 19.0. The summed E-state index contributed by atoms with van der Waals surface area (Å²) in [6.07, 6.45) is 0.553. The molecule has 4 aromatic rings. The first-order valence-corrected chi connectivity index (χ1v) is 11.9. The fourth-order valence-electron chi connectivity index (χ4n) is 3.38. The van der Waals surface area contributed by atoms with Crippen LogP contribution in [-0.2, 0) is 28.8 Å². The minimum absolute atomic E-state index is 0.103. The third-order valence-corrected chi connectivity index (χ3v) is 5.59. The normalized spacial score (nSPS) is 12.9. The lowest BCUT2D eigenvalue weighted by Crippen LogP contribution is -2.41. The van der Waals surface area contributed by atoms with Crippen LogP contribution in [0.15, 0.2) is 77.3 Å². The van der Waals surface area contributed by atoms with Gasteiger partial charge in [0.05, 0.1) is 11.3 Å². The van der Waals surface area contributed by atoms with Gasteiger partial charge in [0, 0.05) is 30.8 Å². The third kappa shape index (κ3) is 6.00. The lowest BCUT2D eigenvalue weighted by molar-refractivity contribution is -0.699. The van der Waals surface area contributed by atoms with Gasteiger partial charge in [-0.25, -0.2) is 4.57 Å². The molecule has 1 unspecified atom stereocenters. The Morgan fingerprint density at radius 3 is 2.47 bits per heavy atom. The first kappa shape index (κ1) is 23.5. The van der Waals surface area contributed by atoms with Crippen molar-refractivity contribution in [2.45, 2.75) is 19.7 Å². The summed E-state index contributed by atoms with van der Waals surface area (Å²) in [4.78, 5) is 19.8. The number of phosphoric acid groups is 1. The van der Waals surface area contributed by atoms with Gasteiger partial charge in [-0.3, -0.25) is 9.09 Å². The molecule has 0 radical (unpaired) electrons. The maximum Gasteiger partial charge on any atom is 0.268 e. The molecule has 2 aromatic carbocycles. The smallest absolute Gasteiger partial charge is 0.268 e. The maximum atomic E-state index is 10.9. The zero-order valence-electron chi connectivity index (χ0n) is 18.1. The minimum Gasteiger partial charge on any atom is -0.756 e. The number of anilines is 3. The zero-order chi connectivity index (χ0) is 24.1. The van der Waals surface area contributed by atoms with Gasteiger partial charge < -0.3 is 31.1 Å². The first-order valence-electron chi connectivity index (χ1n) is 10.4. The molecule has 0 aliphatic heterocycles. The highest BCUT2D eigenvalue weighted by molar-refractivity contribution is 7.44. The number of nitrogens with one attached hydrogen (secondary N) is 1. The Bertz CT molecular complexity index is 1310. The van der Waals surface area contributed by atoms with Crippen molar-refractivity contribution in [1.82, 2.24) is 5.16 Å². The Balaban J connectivity index is 1.43. The molecule has 1 atom stereocenters. The van der Waals surface area contributed by atoms with Gasteiger partial charge in [-0.2, -0.15) is 0 Å². The van der Waals surface area contributed by atoms with E-state index in [1.807, 2.05) is 42.5 Å². The first-order chi connectivity index (χ1) is 16.3. The number of hydrogen-bond donors (Lipinski definition) is 4. The second-order valence-electron chi connectivity index (χ2n) is 7.61. The third-order valence-electron chi connectivity index (χ3n) is 5.15. The number of rotatable bonds is 9. The molecular weight excluding hydrogens is 457 g/mol. The van der Waals surface area contributed by atoms with Crippen LogP contribution in [0.25, 0.3) is 11.3 Å². The van der Waals surface area contributed by atoms with E-state index >= 15 is 0 Å². The Morgan fingerprint density at radius 2 is 1.76 bits per heavy atom. The highest BCUT2D eigenvalue weighted by Crippen LogP contribution is 2.31. The molecule has 0 saturated heterocycles. The summed E-state index contributed by atoms with van der Waals surface area (Å²) in [7, 11) is -4.94. The van der Waals surface area contributed by atoms with Gasteiger partial charge in [0.25, 0.3) is 7.82 Å². The minimum atomic E-state index is -4.94. The number of nitrogens with zero attached hydrogens (tertiary/aromatic N) is 2. The molecule has 0 bridgehead atoms. The Labute approximate surface area is 196 Å². The van der Waals surface area contributed by atoms with E-state index in [9.17, 15) is 9.46 Å². The van der Waals surface area contributed by atoms with Crippen LogP contribution in [0.5, 0.6) is 0 Å². The highest BCUT2D eigenvalue weighted by atomic mass is 31.2. The molecule has 0 aliphatic carbocycles. The van der Waals surface area contributed by atoms with Gasteiger partial charge in [0.2, 0.25) is 11.6 Å². The van der Waals surface area contributed by atoms with Crippen molar-refractivity contribution in [2.24, 2.45) is 0 Å². The number of para-hydroxylation sites is 1. The van der Waals surface area contributed by atoms with Gasteiger partial charge >= 0.3 is 0 Å². The molecule has 2 aromatic heterocycles. The Hall–Kier alpha value is -3.69. The van der Waals surface area contributed by atoms with Gasteiger partial charge in [-0.05, 0) is 29.3 Å². The van der Waals surface area contributed by atoms with Crippen molar-refractivity contribution in [2.75, 3.05) is 16.8 Å². The summed E-state index contributed by atoms with van der Waals surface area (Å²) in [5.74, 6) is 0.641. The maximum absolute atomic E-state index is 10.9. The summed E-state index contributed by atoms with van der Waals surface area (Å²) < 4.78 is 22.0. The fourth-order valence-corrected chi connectivity index (χ4v) is 3.64. The van der Waals surface area contributed by atoms with Crippen molar-refractivity contribution < 1.29 is 28.0 Å². The standard InChI is InChI=1S/C23H24N5O5P/c24-22-11-10-20(23(25)28(22)15-32-34(29,30)31)21-13-19(27-33-21)12-16-6-8-17(9-7-16)14-26-18-4-2-1-3-5-18/h1-11,13,26H,12,14-15H2,(H5,24,25,27,29,30,31). The molecule has 0 spiro atoms. The van der Waals surface area contributed by atoms with Crippen LogP contribution in [0.3, 0.4) is 0 Å². The number of benzene rings is 2. The summed E-state index contributed by atoms with van der Waals surface area (Å²) in [5, 5.41) is 7.49. The van der Waals surface area contributed by atoms with Crippen LogP contribution in [0.2, 0.25) is 0 Å². The predicted octanol–water partition coefficient (Wildman–Crippen LogP) is 2.43. The van der Waals surface area contributed by atoms with Crippen LogP contribution in [0, 0.1) is 0 Å². The number of hydrogen-bond acceptors (Lipinski definition) is 8.